The number of piperazine rings is 1. The highest BCUT2D eigenvalue weighted by Crippen LogP contribution is 2.24. The average Bonchev–Trinajstić information content (AvgIpc) is 2.45. The molecule has 1 amide bonds. The third-order valence-corrected chi connectivity index (χ3v) is 4.10. The van der Waals surface area contributed by atoms with Crippen LogP contribution in [0.2, 0.25) is 0 Å². The molecule has 0 radical (unpaired) electrons. The maximum Gasteiger partial charge on any atom is 0.410 e. The number of amides is 1. The van der Waals surface area contributed by atoms with Crippen molar-refractivity contribution in [2.45, 2.75) is 39.7 Å². The normalized spacial score (nSPS) is 15.9. The molecule has 0 atom stereocenters. The smallest absolute Gasteiger partial charge is 0.410 e. The predicted molar refractivity (Wildman–Crippen MR) is 93.5 cm³/mol. The molecule has 0 unspecified atom stereocenters. The van der Waals surface area contributed by atoms with Gasteiger partial charge in [-0.1, -0.05) is 22.9 Å². The third-order valence-electron chi connectivity index (χ3n) is 3.65. The van der Waals surface area contributed by atoms with Gasteiger partial charge in [-0.3, -0.25) is 0 Å². The summed E-state index contributed by atoms with van der Waals surface area (Å²) in [7, 11) is 0. The number of hydrogen-bond acceptors (Lipinski definition) is 3. The van der Waals surface area contributed by atoms with Crippen LogP contribution in [0, 0.1) is 0 Å². The summed E-state index contributed by atoms with van der Waals surface area (Å²) in [6, 6.07) is 6.52. The Morgan fingerprint density at radius 1 is 1.18 bits per heavy atom. The maximum absolute atomic E-state index is 12.1. The van der Waals surface area contributed by atoms with Crippen LogP contribution in [0.3, 0.4) is 0 Å². The van der Waals surface area contributed by atoms with Crippen LogP contribution in [-0.2, 0) is 11.2 Å². The second kappa shape index (κ2) is 6.90. The molecule has 1 fully saturated rings. The van der Waals surface area contributed by atoms with Crippen LogP contribution in [0.1, 0.15) is 33.3 Å². The van der Waals surface area contributed by atoms with Crippen molar-refractivity contribution >= 4 is 27.7 Å². The third kappa shape index (κ3) is 4.63. The van der Waals surface area contributed by atoms with Gasteiger partial charge in [0.2, 0.25) is 0 Å². The predicted octanol–water partition coefficient (Wildman–Crippen LogP) is 4.07. The van der Waals surface area contributed by atoms with Crippen molar-refractivity contribution < 1.29 is 9.53 Å². The van der Waals surface area contributed by atoms with Gasteiger partial charge >= 0.3 is 6.09 Å². The van der Waals surface area contributed by atoms with E-state index in [4.69, 9.17) is 4.74 Å². The van der Waals surface area contributed by atoms with Gasteiger partial charge in [0.15, 0.2) is 0 Å². The summed E-state index contributed by atoms with van der Waals surface area (Å²) in [6.07, 6.45) is 0.806. The summed E-state index contributed by atoms with van der Waals surface area (Å²) in [4.78, 5) is 16.2. The second-order valence-electron chi connectivity index (χ2n) is 6.63. The lowest BCUT2D eigenvalue weighted by Gasteiger charge is -2.37. The van der Waals surface area contributed by atoms with Crippen LogP contribution in [0.25, 0.3) is 0 Å². The zero-order valence-electron chi connectivity index (χ0n) is 13.9. The fourth-order valence-corrected chi connectivity index (χ4v) is 3.02. The summed E-state index contributed by atoms with van der Waals surface area (Å²) in [5.41, 5.74) is 2.10. The monoisotopic (exact) mass is 368 g/mol. The Morgan fingerprint density at radius 3 is 2.36 bits per heavy atom. The summed E-state index contributed by atoms with van der Waals surface area (Å²) >= 11 is 3.58. The molecule has 122 valence electrons. The Morgan fingerprint density at radius 2 is 1.82 bits per heavy atom. The van der Waals surface area contributed by atoms with Crippen molar-refractivity contribution in [2.24, 2.45) is 0 Å². The Kier molecular flexibility index (Phi) is 5.37. The molecule has 1 aromatic carbocycles. The zero-order valence-corrected chi connectivity index (χ0v) is 15.4. The number of halogens is 1. The molecule has 0 aromatic heterocycles. The van der Waals surface area contributed by atoms with Gasteiger partial charge in [-0.05, 0) is 51.0 Å². The minimum absolute atomic E-state index is 0.212. The first-order valence-corrected chi connectivity index (χ1v) is 8.60. The Balaban J connectivity index is 1.97. The van der Waals surface area contributed by atoms with Gasteiger partial charge in [0.25, 0.3) is 0 Å². The summed E-state index contributed by atoms with van der Waals surface area (Å²) in [5, 5.41) is 0. The van der Waals surface area contributed by atoms with E-state index in [2.05, 4.69) is 46.0 Å². The quantitative estimate of drug-likeness (QED) is 0.788. The van der Waals surface area contributed by atoms with Crippen molar-refractivity contribution in [3.8, 4) is 0 Å². The lowest BCUT2D eigenvalue weighted by Crippen LogP contribution is -2.50. The van der Waals surface area contributed by atoms with Gasteiger partial charge < -0.3 is 14.5 Å². The van der Waals surface area contributed by atoms with Crippen LogP contribution in [0.15, 0.2) is 22.7 Å². The first kappa shape index (κ1) is 17.1. The van der Waals surface area contributed by atoms with Gasteiger partial charge in [0.1, 0.15) is 5.60 Å². The van der Waals surface area contributed by atoms with Gasteiger partial charge in [0.05, 0.1) is 0 Å². The highest BCUT2D eigenvalue weighted by Gasteiger charge is 2.26. The molecule has 0 bridgehead atoms. The molecule has 0 N–H and O–H groups in total. The van der Waals surface area contributed by atoms with Crippen molar-refractivity contribution in [3.63, 3.8) is 0 Å². The Labute approximate surface area is 141 Å². The SMILES string of the molecule is CCc1cc(Br)cc(N2CCN(C(=O)OC(C)(C)C)CC2)c1. The van der Waals surface area contributed by atoms with E-state index in [9.17, 15) is 4.79 Å². The zero-order chi connectivity index (χ0) is 16.3. The average molecular weight is 369 g/mol. The molecule has 1 aromatic rings. The summed E-state index contributed by atoms with van der Waals surface area (Å²) in [5.74, 6) is 0. The number of carbonyl (C=O) groups is 1. The van der Waals surface area contributed by atoms with E-state index in [1.165, 1.54) is 11.3 Å². The minimum Gasteiger partial charge on any atom is -0.444 e. The topological polar surface area (TPSA) is 32.8 Å². The Bertz CT molecular complexity index is 532. The van der Waals surface area contributed by atoms with Crippen LogP contribution < -0.4 is 4.90 Å². The van der Waals surface area contributed by atoms with Crippen LogP contribution in [-0.4, -0.2) is 42.8 Å². The molecule has 1 aliphatic rings. The van der Waals surface area contributed by atoms with Gasteiger partial charge in [0, 0.05) is 36.3 Å². The Hall–Kier alpha value is -1.23. The van der Waals surface area contributed by atoms with E-state index in [0.717, 1.165) is 24.0 Å². The second-order valence-corrected chi connectivity index (χ2v) is 7.54. The summed E-state index contributed by atoms with van der Waals surface area (Å²) < 4.78 is 6.54. The molecule has 0 saturated carbocycles. The van der Waals surface area contributed by atoms with E-state index >= 15 is 0 Å². The van der Waals surface area contributed by atoms with Gasteiger partial charge in [-0.15, -0.1) is 0 Å². The molecule has 1 aliphatic heterocycles. The fraction of sp³-hybridized carbons (Fsp3) is 0.588. The highest BCUT2D eigenvalue weighted by molar-refractivity contribution is 9.10. The summed E-state index contributed by atoms with van der Waals surface area (Å²) in [6.45, 7) is 10.9. The number of ether oxygens (including phenoxy) is 1. The van der Waals surface area contributed by atoms with Crippen LogP contribution in [0.4, 0.5) is 10.5 Å². The number of rotatable bonds is 2. The van der Waals surface area contributed by atoms with Crippen molar-refractivity contribution in [3.05, 3.63) is 28.2 Å². The molecule has 0 spiro atoms. The van der Waals surface area contributed by atoms with E-state index in [-0.39, 0.29) is 6.09 Å². The number of carbonyl (C=O) groups excluding carboxylic acids is 1. The lowest BCUT2D eigenvalue weighted by atomic mass is 10.1. The van der Waals surface area contributed by atoms with Crippen molar-refractivity contribution in [1.82, 2.24) is 4.90 Å². The molecule has 4 nitrogen and oxygen atoms in total. The standard InChI is InChI=1S/C17H25BrN2O2/c1-5-13-10-14(18)12-15(11-13)19-6-8-20(9-7-19)16(21)22-17(2,3)4/h10-12H,5-9H2,1-4H3. The maximum atomic E-state index is 12.1. The number of aryl methyl sites for hydroxylation is 1. The number of benzene rings is 1. The van der Waals surface area contributed by atoms with E-state index in [0.29, 0.717) is 13.1 Å². The van der Waals surface area contributed by atoms with Crippen LogP contribution in [0.5, 0.6) is 0 Å². The first-order valence-electron chi connectivity index (χ1n) is 7.81. The number of hydrogen-bond donors (Lipinski definition) is 0. The molecule has 1 saturated heterocycles. The molecule has 22 heavy (non-hydrogen) atoms. The van der Waals surface area contributed by atoms with Crippen molar-refractivity contribution in [1.29, 1.82) is 0 Å². The van der Waals surface area contributed by atoms with E-state index in [1.807, 2.05) is 20.8 Å². The molecular weight excluding hydrogens is 344 g/mol. The number of anilines is 1. The molecule has 5 heteroatoms. The first-order chi connectivity index (χ1) is 10.3. The molecular formula is C17H25BrN2O2. The van der Waals surface area contributed by atoms with E-state index in [1.54, 1.807) is 4.90 Å². The molecule has 2 rings (SSSR count). The van der Waals surface area contributed by atoms with Gasteiger partial charge in [-0.2, -0.15) is 0 Å². The van der Waals surface area contributed by atoms with E-state index < -0.39 is 5.60 Å². The highest BCUT2D eigenvalue weighted by atomic mass is 79.9. The number of nitrogens with zero attached hydrogens (tertiary/aromatic N) is 2. The largest absolute Gasteiger partial charge is 0.444 e. The fourth-order valence-electron chi connectivity index (χ4n) is 2.49. The molecule has 0 aliphatic carbocycles. The van der Waals surface area contributed by atoms with Crippen molar-refractivity contribution in [2.75, 3.05) is 31.1 Å². The van der Waals surface area contributed by atoms with Gasteiger partial charge in [-0.25, -0.2) is 4.79 Å². The lowest BCUT2D eigenvalue weighted by molar-refractivity contribution is 0.0240. The van der Waals surface area contributed by atoms with Crippen LogP contribution >= 0.6 is 15.9 Å². The molecule has 1 heterocycles. The minimum atomic E-state index is -0.436.